The topological polar surface area (TPSA) is 91.1 Å². The van der Waals surface area contributed by atoms with Crippen LogP contribution in [0.25, 0.3) is 10.9 Å². The van der Waals surface area contributed by atoms with Gasteiger partial charge in [0.25, 0.3) is 5.56 Å². The number of furan rings is 1. The highest BCUT2D eigenvalue weighted by Gasteiger charge is 2.13. The molecule has 2 aromatic heterocycles. The molecule has 7 heteroatoms. The van der Waals surface area contributed by atoms with Crippen LogP contribution in [-0.4, -0.2) is 15.5 Å². The summed E-state index contributed by atoms with van der Waals surface area (Å²) >= 11 is 1.43. The fraction of sp³-hybridized carbons (Fsp3) is 0.0952. The van der Waals surface area contributed by atoms with Gasteiger partial charge in [-0.15, -0.1) is 0 Å². The van der Waals surface area contributed by atoms with Gasteiger partial charge in [-0.2, -0.15) is 0 Å². The second-order valence-corrected chi connectivity index (χ2v) is 7.18. The number of primary amides is 1. The van der Waals surface area contributed by atoms with Gasteiger partial charge in [0.1, 0.15) is 5.76 Å². The zero-order valence-corrected chi connectivity index (χ0v) is 15.7. The van der Waals surface area contributed by atoms with Gasteiger partial charge in [-0.05, 0) is 42.0 Å². The first-order valence-electron chi connectivity index (χ1n) is 8.65. The lowest BCUT2D eigenvalue weighted by Gasteiger charge is -2.12. The molecule has 0 atom stereocenters. The molecule has 0 radical (unpaired) electrons. The van der Waals surface area contributed by atoms with Crippen molar-refractivity contribution in [3.8, 4) is 0 Å². The number of thioether (sulfide) groups is 1. The molecule has 4 rings (SSSR count). The summed E-state index contributed by atoms with van der Waals surface area (Å²) in [6, 6.07) is 18.0. The van der Waals surface area contributed by atoms with Crippen LogP contribution in [0.15, 0.2) is 81.3 Å². The molecule has 0 aliphatic carbocycles. The van der Waals surface area contributed by atoms with Crippen LogP contribution in [0.3, 0.4) is 0 Å². The Morgan fingerprint density at radius 2 is 1.96 bits per heavy atom. The molecule has 0 aliphatic heterocycles. The van der Waals surface area contributed by atoms with Gasteiger partial charge in [-0.3, -0.25) is 14.2 Å². The van der Waals surface area contributed by atoms with E-state index in [-0.39, 0.29) is 5.56 Å². The van der Waals surface area contributed by atoms with Gasteiger partial charge in [-0.1, -0.05) is 36.0 Å². The number of aromatic nitrogens is 2. The molecular formula is C21H17N3O3S. The van der Waals surface area contributed by atoms with Crippen molar-refractivity contribution in [2.45, 2.75) is 17.5 Å². The van der Waals surface area contributed by atoms with Crippen molar-refractivity contribution in [2.75, 3.05) is 0 Å². The maximum atomic E-state index is 13.0. The average molecular weight is 391 g/mol. The minimum atomic E-state index is -0.467. The number of carbonyl (C=O) groups excluding carboxylic acids is 1. The molecule has 6 nitrogen and oxygen atoms in total. The lowest BCUT2D eigenvalue weighted by atomic mass is 10.1. The van der Waals surface area contributed by atoms with Crippen LogP contribution in [-0.2, 0) is 12.3 Å². The van der Waals surface area contributed by atoms with Crippen molar-refractivity contribution >= 4 is 28.6 Å². The van der Waals surface area contributed by atoms with E-state index in [0.717, 1.165) is 5.56 Å². The summed E-state index contributed by atoms with van der Waals surface area (Å²) in [4.78, 5) is 29.1. The van der Waals surface area contributed by atoms with Gasteiger partial charge in [0.05, 0.1) is 23.7 Å². The van der Waals surface area contributed by atoms with E-state index >= 15 is 0 Å². The van der Waals surface area contributed by atoms with Gasteiger partial charge in [0, 0.05) is 11.3 Å². The van der Waals surface area contributed by atoms with Crippen LogP contribution in [0, 0.1) is 0 Å². The quantitative estimate of drug-likeness (QED) is 0.402. The molecule has 2 aromatic carbocycles. The van der Waals surface area contributed by atoms with Crippen molar-refractivity contribution in [3.05, 3.63) is 94.2 Å². The molecule has 0 aliphatic rings. The smallest absolute Gasteiger partial charge is 0.262 e. The molecular weight excluding hydrogens is 374 g/mol. The molecule has 28 heavy (non-hydrogen) atoms. The SMILES string of the molecule is NC(=O)c1cccc(CSc2nc3ccccc3c(=O)n2Cc2ccco2)c1. The van der Waals surface area contributed by atoms with Crippen LogP contribution in [0.5, 0.6) is 0 Å². The first-order valence-corrected chi connectivity index (χ1v) is 9.64. The van der Waals surface area contributed by atoms with Gasteiger partial charge in [0.2, 0.25) is 5.91 Å². The van der Waals surface area contributed by atoms with E-state index in [9.17, 15) is 9.59 Å². The summed E-state index contributed by atoms with van der Waals surface area (Å²) in [5.41, 5.74) is 7.27. The Morgan fingerprint density at radius 3 is 2.75 bits per heavy atom. The second-order valence-electron chi connectivity index (χ2n) is 6.24. The van der Waals surface area contributed by atoms with Crippen LogP contribution < -0.4 is 11.3 Å². The van der Waals surface area contributed by atoms with Gasteiger partial charge in [0.15, 0.2) is 5.16 Å². The summed E-state index contributed by atoms with van der Waals surface area (Å²) in [5.74, 6) is 0.756. The van der Waals surface area contributed by atoms with Crippen LogP contribution in [0.1, 0.15) is 21.7 Å². The Hall–Kier alpha value is -3.32. The third kappa shape index (κ3) is 3.70. The van der Waals surface area contributed by atoms with Crippen LogP contribution in [0.2, 0.25) is 0 Å². The number of para-hydroxylation sites is 1. The van der Waals surface area contributed by atoms with E-state index in [1.165, 1.54) is 11.8 Å². The number of amides is 1. The largest absolute Gasteiger partial charge is 0.467 e. The lowest BCUT2D eigenvalue weighted by molar-refractivity contribution is 0.1000. The first-order chi connectivity index (χ1) is 13.6. The normalized spacial score (nSPS) is 11.0. The maximum Gasteiger partial charge on any atom is 0.262 e. The predicted molar refractivity (Wildman–Crippen MR) is 108 cm³/mol. The number of nitrogens with zero attached hydrogens (tertiary/aromatic N) is 2. The number of rotatable bonds is 6. The van der Waals surface area contributed by atoms with E-state index in [0.29, 0.717) is 39.7 Å². The summed E-state index contributed by atoms with van der Waals surface area (Å²) in [7, 11) is 0. The number of carbonyl (C=O) groups is 1. The number of nitrogens with two attached hydrogens (primary N) is 1. The van der Waals surface area contributed by atoms with Crippen molar-refractivity contribution < 1.29 is 9.21 Å². The van der Waals surface area contributed by atoms with E-state index in [1.54, 1.807) is 41.2 Å². The number of hydrogen-bond donors (Lipinski definition) is 1. The molecule has 0 spiro atoms. The summed E-state index contributed by atoms with van der Waals surface area (Å²) in [5, 5.41) is 1.15. The van der Waals surface area contributed by atoms with Gasteiger partial charge in [-0.25, -0.2) is 4.98 Å². The highest BCUT2D eigenvalue weighted by Crippen LogP contribution is 2.23. The fourth-order valence-corrected chi connectivity index (χ4v) is 3.86. The molecule has 2 heterocycles. The molecule has 140 valence electrons. The molecule has 0 saturated carbocycles. The fourth-order valence-electron chi connectivity index (χ4n) is 2.92. The van der Waals surface area contributed by atoms with Crippen molar-refractivity contribution in [1.29, 1.82) is 0 Å². The third-order valence-electron chi connectivity index (χ3n) is 4.30. The summed E-state index contributed by atoms with van der Waals surface area (Å²) in [6.07, 6.45) is 1.58. The molecule has 1 amide bonds. The monoisotopic (exact) mass is 391 g/mol. The van der Waals surface area contributed by atoms with E-state index in [1.807, 2.05) is 30.3 Å². The number of benzene rings is 2. The molecule has 0 saturated heterocycles. The lowest BCUT2D eigenvalue weighted by Crippen LogP contribution is -2.23. The average Bonchev–Trinajstić information content (AvgIpc) is 3.22. The van der Waals surface area contributed by atoms with E-state index in [2.05, 4.69) is 4.98 Å². The summed E-state index contributed by atoms with van der Waals surface area (Å²) < 4.78 is 7.03. The van der Waals surface area contributed by atoms with E-state index in [4.69, 9.17) is 10.2 Å². The Morgan fingerprint density at radius 1 is 1.11 bits per heavy atom. The van der Waals surface area contributed by atoms with Crippen molar-refractivity contribution in [3.63, 3.8) is 0 Å². The summed E-state index contributed by atoms with van der Waals surface area (Å²) in [6.45, 7) is 0.299. The maximum absolute atomic E-state index is 13.0. The Bertz CT molecular complexity index is 1200. The minimum absolute atomic E-state index is 0.115. The Kier molecular flexibility index (Phi) is 4.99. The van der Waals surface area contributed by atoms with Gasteiger partial charge >= 0.3 is 0 Å². The minimum Gasteiger partial charge on any atom is -0.467 e. The molecule has 0 bridgehead atoms. The highest BCUT2D eigenvalue weighted by molar-refractivity contribution is 7.98. The molecule has 2 N–H and O–H groups in total. The zero-order chi connectivity index (χ0) is 19.5. The van der Waals surface area contributed by atoms with Crippen molar-refractivity contribution in [1.82, 2.24) is 9.55 Å². The standard InChI is InChI=1S/C21H17N3O3S/c22-19(25)15-6-3-5-14(11-15)13-28-21-23-18-9-2-1-8-17(18)20(26)24(21)12-16-7-4-10-27-16/h1-11H,12-13H2,(H2,22,25). The predicted octanol–water partition coefficient (Wildman–Crippen LogP) is 3.43. The van der Waals surface area contributed by atoms with Crippen molar-refractivity contribution in [2.24, 2.45) is 5.73 Å². The van der Waals surface area contributed by atoms with E-state index < -0.39 is 5.91 Å². The second kappa shape index (κ2) is 7.74. The van der Waals surface area contributed by atoms with Crippen LogP contribution >= 0.6 is 11.8 Å². The molecule has 0 unspecified atom stereocenters. The Labute approximate surface area is 165 Å². The van der Waals surface area contributed by atoms with Crippen LogP contribution in [0.4, 0.5) is 0 Å². The number of hydrogen-bond acceptors (Lipinski definition) is 5. The third-order valence-corrected chi connectivity index (χ3v) is 5.35. The molecule has 4 aromatic rings. The zero-order valence-electron chi connectivity index (χ0n) is 14.9. The first kappa shape index (κ1) is 18.1. The number of fused-ring (bicyclic) bond motifs is 1. The Balaban J connectivity index is 1.71. The molecule has 0 fully saturated rings. The highest BCUT2D eigenvalue weighted by atomic mass is 32.2. The van der Waals surface area contributed by atoms with Gasteiger partial charge < -0.3 is 10.2 Å².